The van der Waals surface area contributed by atoms with Crippen molar-refractivity contribution >= 4 is 17.5 Å². The number of nitrogens with zero attached hydrogens (tertiary/aromatic N) is 2. The summed E-state index contributed by atoms with van der Waals surface area (Å²) in [6.45, 7) is 3.89. The van der Waals surface area contributed by atoms with E-state index >= 15 is 0 Å². The maximum absolute atomic E-state index is 12.0. The first-order chi connectivity index (χ1) is 10.2. The van der Waals surface area contributed by atoms with Crippen LogP contribution < -0.4 is 10.6 Å². The number of nitrogens with one attached hydrogen (secondary N) is 2. The highest BCUT2D eigenvalue weighted by molar-refractivity contribution is 6.08. The zero-order chi connectivity index (χ0) is 15.1. The Kier molecular flexibility index (Phi) is 4.76. The Labute approximate surface area is 121 Å². The van der Waals surface area contributed by atoms with Gasteiger partial charge in [-0.05, 0) is 12.1 Å². The molecule has 0 unspecified atom stereocenters. The van der Waals surface area contributed by atoms with Gasteiger partial charge in [0.15, 0.2) is 0 Å². The van der Waals surface area contributed by atoms with Gasteiger partial charge in [-0.15, -0.1) is 6.58 Å². The Morgan fingerprint density at radius 1 is 1.19 bits per heavy atom. The van der Waals surface area contributed by atoms with Crippen LogP contribution in [0.25, 0.3) is 0 Å². The van der Waals surface area contributed by atoms with Gasteiger partial charge in [0.25, 0.3) is 11.8 Å². The number of hydrogen-bond donors (Lipinski definition) is 2. The van der Waals surface area contributed by atoms with Crippen LogP contribution in [0, 0.1) is 0 Å². The Morgan fingerprint density at radius 3 is 2.71 bits per heavy atom. The van der Waals surface area contributed by atoms with Crippen LogP contribution in [-0.2, 0) is 0 Å². The van der Waals surface area contributed by atoms with Gasteiger partial charge in [0.1, 0.15) is 5.69 Å². The third-order valence-electron chi connectivity index (χ3n) is 2.62. The van der Waals surface area contributed by atoms with Crippen molar-refractivity contribution in [2.45, 2.75) is 0 Å². The van der Waals surface area contributed by atoms with Crippen LogP contribution in [0.15, 0.2) is 55.5 Å². The van der Waals surface area contributed by atoms with Crippen LogP contribution >= 0.6 is 0 Å². The molecule has 0 radical (unpaired) electrons. The van der Waals surface area contributed by atoms with Crippen LogP contribution in [0.1, 0.15) is 20.8 Å². The summed E-state index contributed by atoms with van der Waals surface area (Å²) in [7, 11) is 0. The van der Waals surface area contributed by atoms with E-state index in [0.717, 1.165) is 0 Å². The molecule has 6 heteroatoms. The van der Waals surface area contributed by atoms with Gasteiger partial charge in [0.05, 0.1) is 17.4 Å². The second-order valence-electron chi connectivity index (χ2n) is 4.09. The predicted molar refractivity (Wildman–Crippen MR) is 79.0 cm³/mol. The van der Waals surface area contributed by atoms with Gasteiger partial charge in [-0.2, -0.15) is 0 Å². The molecule has 1 aromatic heterocycles. The molecule has 106 valence electrons. The van der Waals surface area contributed by atoms with Gasteiger partial charge in [0.2, 0.25) is 0 Å². The summed E-state index contributed by atoms with van der Waals surface area (Å²) in [6, 6.07) is 6.74. The number of anilines is 1. The number of amides is 2. The van der Waals surface area contributed by atoms with E-state index in [-0.39, 0.29) is 11.6 Å². The highest BCUT2D eigenvalue weighted by Crippen LogP contribution is 2.15. The SMILES string of the molecule is C=CCNC(=O)c1ccccc1NC(=O)c1cnccn1. The van der Waals surface area contributed by atoms with Crippen LogP contribution in [-0.4, -0.2) is 28.3 Å². The second-order valence-corrected chi connectivity index (χ2v) is 4.09. The number of carbonyl (C=O) groups excluding carboxylic acids is 2. The molecule has 6 nitrogen and oxygen atoms in total. The van der Waals surface area contributed by atoms with Gasteiger partial charge in [-0.3, -0.25) is 14.6 Å². The summed E-state index contributed by atoms with van der Waals surface area (Å²) >= 11 is 0. The highest BCUT2D eigenvalue weighted by atomic mass is 16.2. The molecule has 1 heterocycles. The minimum atomic E-state index is -0.424. The smallest absolute Gasteiger partial charge is 0.275 e. The first-order valence-corrected chi connectivity index (χ1v) is 6.28. The van der Waals surface area contributed by atoms with E-state index in [1.165, 1.54) is 18.6 Å². The first kappa shape index (κ1) is 14.4. The normalized spacial score (nSPS) is 9.71. The fourth-order valence-electron chi connectivity index (χ4n) is 1.65. The number of benzene rings is 1. The molecule has 21 heavy (non-hydrogen) atoms. The molecule has 0 spiro atoms. The fraction of sp³-hybridized carbons (Fsp3) is 0.0667. The van der Waals surface area contributed by atoms with Crippen molar-refractivity contribution in [2.24, 2.45) is 0 Å². The van der Waals surface area contributed by atoms with Gasteiger partial charge in [-0.1, -0.05) is 18.2 Å². The lowest BCUT2D eigenvalue weighted by Gasteiger charge is -2.10. The molecule has 0 aliphatic carbocycles. The van der Waals surface area contributed by atoms with E-state index in [2.05, 4.69) is 27.2 Å². The lowest BCUT2D eigenvalue weighted by molar-refractivity contribution is 0.0959. The first-order valence-electron chi connectivity index (χ1n) is 6.28. The molecule has 2 amide bonds. The average Bonchev–Trinajstić information content (AvgIpc) is 2.54. The fourth-order valence-corrected chi connectivity index (χ4v) is 1.65. The van der Waals surface area contributed by atoms with E-state index in [1.807, 2.05) is 0 Å². The average molecular weight is 282 g/mol. The topological polar surface area (TPSA) is 84.0 Å². The van der Waals surface area contributed by atoms with E-state index in [4.69, 9.17) is 0 Å². The molecule has 0 saturated carbocycles. The van der Waals surface area contributed by atoms with Crippen LogP contribution in [0.5, 0.6) is 0 Å². The van der Waals surface area contributed by atoms with Gasteiger partial charge in [0, 0.05) is 18.9 Å². The lowest BCUT2D eigenvalue weighted by atomic mass is 10.1. The van der Waals surface area contributed by atoms with E-state index < -0.39 is 5.91 Å². The number of aromatic nitrogens is 2. The second kappa shape index (κ2) is 6.95. The maximum atomic E-state index is 12.0. The molecular weight excluding hydrogens is 268 g/mol. The summed E-state index contributed by atoms with van der Waals surface area (Å²) in [5, 5.41) is 5.32. The predicted octanol–water partition coefficient (Wildman–Crippen LogP) is 1.64. The molecule has 0 aliphatic heterocycles. The standard InChI is InChI=1S/C15H14N4O2/c1-2-7-18-14(20)11-5-3-4-6-12(11)19-15(21)13-10-16-8-9-17-13/h2-6,8-10H,1,7H2,(H,18,20)(H,19,21). The molecule has 2 aromatic rings. The highest BCUT2D eigenvalue weighted by Gasteiger charge is 2.14. The summed E-state index contributed by atoms with van der Waals surface area (Å²) in [5.74, 6) is -0.711. The van der Waals surface area contributed by atoms with Gasteiger partial charge in [-0.25, -0.2) is 4.98 Å². The number of para-hydroxylation sites is 1. The van der Waals surface area contributed by atoms with Gasteiger partial charge < -0.3 is 10.6 Å². The molecule has 0 atom stereocenters. The zero-order valence-corrected chi connectivity index (χ0v) is 11.2. The maximum Gasteiger partial charge on any atom is 0.275 e. The van der Waals surface area contributed by atoms with Crippen molar-refractivity contribution in [3.63, 3.8) is 0 Å². The van der Waals surface area contributed by atoms with Crippen molar-refractivity contribution < 1.29 is 9.59 Å². The van der Waals surface area contributed by atoms with E-state index in [0.29, 0.717) is 17.8 Å². The third kappa shape index (κ3) is 3.73. The summed E-state index contributed by atoms with van der Waals surface area (Å²) < 4.78 is 0. The van der Waals surface area contributed by atoms with Crippen molar-refractivity contribution in [1.82, 2.24) is 15.3 Å². The zero-order valence-electron chi connectivity index (χ0n) is 11.2. The molecular formula is C15H14N4O2. The summed E-state index contributed by atoms with van der Waals surface area (Å²) in [6.07, 6.45) is 5.85. The minimum Gasteiger partial charge on any atom is -0.349 e. The Balaban J connectivity index is 2.19. The number of carbonyl (C=O) groups is 2. The quantitative estimate of drug-likeness (QED) is 0.817. The van der Waals surface area contributed by atoms with Gasteiger partial charge >= 0.3 is 0 Å². The Bertz CT molecular complexity index is 656. The molecule has 2 rings (SSSR count). The molecule has 2 N–H and O–H groups in total. The van der Waals surface area contributed by atoms with E-state index in [9.17, 15) is 9.59 Å². The van der Waals surface area contributed by atoms with Crippen LogP contribution in [0.3, 0.4) is 0 Å². The number of hydrogen-bond acceptors (Lipinski definition) is 4. The Morgan fingerprint density at radius 2 is 2.00 bits per heavy atom. The lowest BCUT2D eigenvalue weighted by Crippen LogP contribution is -2.25. The number of rotatable bonds is 5. The molecule has 0 bridgehead atoms. The molecule has 0 saturated heterocycles. The van der Waals surface area contributed by atoms with E-state index in [1.54, 1.807) is 30.3 Å². The summed E-state index contributed by atoms with van der Waals surface area (Å²) in [4.78, 5) is 31.8. The molecule has 0 aliphatic rings. The third-order valence-corrected chi connectivity index (χ3v) is 2.62. The van der Waals surface area contributed by atoms with Crippen molar-refractivity contribution in [1.29, 1.82) is 0 Å². The minimum absolute atomic E-state index is 0.179. The Hall–Kier alpha value is -3.02. The van der Waals surface area contributed by atoms with Crippen molar-refractivity contribution in [3.05, 3.63) is 66.8 Å². The summed E-state index contributed by atoms with van der Waals surface area (Å²) in [5.41, 5.74) is 0.963. The largest absolute Gasteiger partial charge is 0.349 e. The van der Waals surface area contributed by atoms with Crippen molar-refractivity contribution in [2.75, 3.05) is 11.9 Å². The molecule has 0 fully saturated rings. The molecule has 1 aromatic carbocycles. The monoisotopic (exact) mass is 282 g/mol. The van der Waals surface area contributed by atoms with Crippen LogP contribution in [0.2, 0.25) is 0 Å². The van der Waals surface area contributed by atoms with Crippen molar-refractivity contribution in [3.8, 4) is 0 Å². The van der Waals surface area contributed by atoms with Crippen LogP contribution in [0.4, 0.5) is 5.69 Å².